The minimum atomic E-state index is -3.06. The van der Waals surface area contributed by atoms with Gasteiger partial charge in [0, 0.05) is 0 Å². The Balaban J connectivity index is 2.50. The summed E-state index contributed by atoms with van der Waals surface area (Å²) in [5, 5.41) is 1.30. The molecule has 2 aromatic rings. The van der Waals surface area contributed by atoms with Crippen molar-refractivity contribution in [2.75, 3.05) is 18.5 Å². The topological polar surface area (TPSA) is 20.2 Å². The Kier molecular flexibility index (Phi) is 12.0. The summed E-state index contributed by atoms with van der Waals surface area (Å²) in [6.45, 7) is 3.77. The van der Waals surface area contributed by atoms with Crippen LogP contribution in [0, 0.1) is 0 Å². The predicted octanol–water partition coefficient (Wildman–Crippen LogP) is 9.18. The molecular formula is C30H49OP. The Labute approximate surface area is 199 Å². The third-order valence-electron chi connectivity index (χ3n) is 7.23. The summed E-state index contributed by atoms with van der Waals surface area (Å²) < 4.78 is 0. The van der Waals surface area contributed by atoms with Gasteiger partial charge in [0.25, 0.3) is 0 Å². The van der Waals surface area contributed by atoms with Crippen LogP contribution in [-0.2, 0) is 0 Å². The molecule has 0 unspecified atom stereocenters. The molecule has 0 aliphatic carbocycles. The molecule has 0 aliphatic rings. The van der Waals surface area contributed by atoms with Crippen molar-refractivity contribution < 1.29 is 4.89 Å². The molecule has 2 aromatic carbocycles. The zero-order chi connectivity index (χ0) is 23.1. The third kappa shape index (κ3) is 7.71. The first-order valence-corrected chi connectivity index (χ1v) is 16.2. The van der Waals surface area contributed by atoms with E-state index in [0.29, 0.717) is 0 Å². The maximum atomic E-state index is 13.1. The molecule has 0 amide bonds. The van der Waals surface area contributed by atoms with Crippen molar-refractivity contribution in [3.63, 3.8) is 0 Å². The van der Waals surface area contributed by atoms with Crippen LogP contribution >= 0.6 is 6.83 Å². The van der Waals surface area contributed by atoms with Gasteiger partial charge in [-0.1, -0.05) is 0 Å². The van der Waals surface area contributed by atoms with E-state index in [-0.39, 0.29) is 0 Å². The molecule has 0 atom stereocenters. The summed E-state index contributed by atoms with van der Waals surface area (Å²) in [6, 6.07) is 19.6. The zero-order valence-electron chi connectivity index (χ0n) is 21.2. The summed E-state index contributed by atoms with van der Waals surface area (Å²) in [4.78, 5) is 13.1. The van der Waals surface area contributed by atoms with Crippen LogP contribution in [-0.4, -0.2) is 23.4 Å². The molecule has 0 bridgehead atoms. The number of hydrogen-bond donors (Lipinski definition) is 1. The van der Waals surface area contributed by atoms with Crippen LogP contribution in [0.5, 0.6) is 0 Å². The van der Waals surface area contributed by atoms with Gasteiger partial charge in [0.2, 0.25) is 0 Å². The molecule has 1 nitrogen and oxygen atoms in total. The van der Waals surface area contributed by atoms with E-state index >= 15 is 0 Å². The van der Waals surface area contributed by atoms with Gasteiger partial charge in [-0.25, -0.2) is 0 Å². The van der Waals surface area contributed by atoms with Gasteiger partial charge in [0.1, 0.15) is 0 Å². The summed E-state index contributed by atoms with van der Waals surface area (Å²) in [7, 11) is 0. The van der Waals surface area contributed by atoms with Crippen LogP contribution < -0.4 is 5.30 Å². The first-order chi connectivity index (χ1) is 15.6. The van der Waals surface area contributed by atoms with Crippen molar-refractivity contribution in [2.45, 2.75) is 97.8 Å². The van der Waals surface area contributed by atoms with Gasteiger partial charge in [-0.2, -0.15) is 0 Å². The molecule has 0 fully saturated rings. The molecule has 0 spiro atoms. The van der Waals surface area contributed by atoms with Crippen LogP contribution in [0.15, 0.2) is 54.6 Å². The fourth-order valence-corrected chi connectivity index (χ4v) is 10.9. The molecule has 0 heterocycles. The van der Waals surface area contributed by atoms with E-state index in [9.17, 15) is 4.89 Å². The second kappa shape index (κ2) is 14.2. The molecule has 0 radical (unpaired) electrons. The number of hydrogen-bond acceptors (Lipinski definition) is 1. The average Bonchev–Trinajstić information content (AvgIpc) is 2.83. The average molecular weight is 457 g/mol. The monoisotopic (exact) mass is 456 g/mol. The number of unbranched alkanes of at least 4 members (excludes halogenated alkanes) is 9. The Bertz CT molecular complexity index is 720. The summed E-state index contributed by atoms with van der Waals surface area (Å²) in [5.41, 5.74) is 2.52. The number of benzene rings is 2. The van der Waals surface area contributed by atoms with Crippen LogP contribution in [0.4, 0.5) is 0 Å². The van der Waals surface area contributed by atoms with Gasteiger partial charge in [-0.15, -0.1) is 0 Å². The first kappa shape index (κ1) is 27.1. The Morgan fingerprint density at radius 2 is 0.969 bits per heavy atom. The van der Waals surface area contributed by atoms with E-state index in [1.165, 1.54) is 74.2 Å². The molecule has 0 saturated carbocycles. The van der Waals surface area contributed by atoms with Crippen molar-refractivity contribution in [1.82, 2.24) is 0 Å². The molecule has 0 saturated heterocycles. The van der Waals surface area contributed by atoms with Crippen molar-refractivity contribution >= 4 is 12.1 Å². The molecule has 180 valence electrons. The van der Waals surface area contributed by atoms with Gasteiger partial charge in [0.15, 0.2) is 0 Å². The van der Waals surface area contributed by atoms with E-state index in [0.717, 1.165) is 37.7 Å². The van der Waals surface area contributed by atoms with E-state index in [1.807, 2.05) is 0 Å². The Morgan fingerprint density at radius 3 is 1.44 bits per heavy atom. The van der Waals surface area contributed by atoms with Crippen LogP contribution in [0.1, 0.15) is 97.8 Å². The Morgan fingerprint density at radius 1 is 0.531 bits per heavy atom. The predicted molar refractivity (Wildman–Crippen MR) is 148 cm³/mol. The molecule has 0 aliphatic heterocycles. The molecular weight excluding hydrogens is 407 g/mol. The van der Waals surface area contributed by atoms with E-state index in [1.54, 1.807) is 0 Å². The molecule has 2 heteroatoms. The van der Waals surface area contributed by atoms with Crippen molar-refractivity contribution in [3.05, 3.63) is 54.6 Å². The fourth-order valence-electron chi connectivity index (χ4n) is 5.27. The minimum absolute atomic E-state index is 1.01. The first-order valence-electron chi connectivity index (χ1n) is 13.5. The zero-order valence-corrected chi connectivity index (χ0v) is 22.1. The van der Waals surface area contributed by atoms with Crippen LogP contribution in [0.2, 0.25) is 0 Å². The maximum absolute atomic E-state index is 13.1. The normalized spacial score (nSPS) is 13.1. The van der Waals surface area contributed by atoms with Crippen molar-refractivity contribution in [3.8, 4) is 11.1 Å². The van der Waals surface area contributed by atoms with Gasteiger partial charge in [-0.05, 0) is 0 Å². The second-order valence-corrected chi connectivity index (χ2v) is 15.1. The van der Waals surface area contributed by atoms with Crippen molar-refractivity contribution in [1.29, 1.82) is 0 Å². The molecule has 2 rings (SSSR count). The second-order valence-electron chi connectivity index (χ2n) is 9.91. The third-order valence-corrected chi connectivity index (χ3v) is 13.0. The SMILES string of the molecule is CCCCCCP(O)(CCCCCC)(CCCCCC)c1ccccc1-c1ccccc1. The van der Waals surface area contributed by atoms with E-state index in [2.05, 4.69) is 75.4 Å². The molecule has 0 aromatic heterocycles. The van der Waals surface area contributed by atoms with Gasteiger partial charge in [-0.3, -0.25) is 0 Å². The van der Waals surface area contributed by atoms with E-state index in [4.69, 9.17) is 0 Å². The van der Waals surface area contributed by atoms with Gasteiger partial charge < -0.3 is 0 Å². The standard InChI is InChI=1S/C30H49OP/c1-4-7-10-18-25-32(31,26-19-11-8-5-2,27-20-12-9-6-3)30-24-17-16-23-29(30)28-21-14-13-15-22-28/h13-17,21-24,31H,4-12,18-20,25-27H2,1-3H3. The number of rotatable bonds is 17. The summed E-state index contributed by atoms with van der Waals surface area (Å²) >= 11 is 0. The van der Waals surface area contributed by atoms with Crippen LogP contribution in [0.3, 0.4) is 0 Å². The van der Waals surface area contributed by atoms with Gasteiger partial charge >= 0.3 is 199 Å². The summed E-state index contributed by atoms with van der Waals surface area (Å²) in [6.07, 6.45) is 17.8. The quantitative estimate of drug-likeness (QED) is 0.186. The summed E-state index contributed by atoms with van der Waals surface area (Å²) in [5.74, 6) is 0. The van der Waals surface area contributed by atoms with Crippen LogP contribution in [0.25, 0.3) is 11.1 Å². The molecule has 1 N–H and O–H groups in total. The van der Waals surface area contributed by atoms with Gasteiger partial charge in [0.05, 0.1) is 0 Å². The Hall–Kier alpha value is -1.17. The fraction of sp³-hybridized carbons (Fsp3) is 0.600. The molecule has 32 heavy (non-hydrogen) atoms. The van der Waals surface area contributed by atoms with E-state index < -0.39 is 6.83 Å². The van der Waals surface area contributed by atoms with Crippen molar-refractivity contribution in [2.24, 2.45) is 0 Å².